The summed E-state index contributed by atoms with van der Waals surface area (Å²) >= 11 is 3.37. The van der Waals surface area contributed by atoms with Gasteiger partial charge in [0.2, 0.25) is 0 Å². The van der Waals surface area contributed by atoms with Crippen molar-refractivity contribution in [2.45, 2.75) is 25.7 Å². The molecule has 0 amide bonds. The predicted octanol–water partition coefficient (Wildman–Crippen LogP) is 3.49. The quantitative estimate of drug-likeness (QED) is 0.656. The van der Waals surface area contributed by atoms with Crippen LogP contribution in [-0.4, -0.2) is 19.5 Å². The number of alkyl halides is 3. The van der Waals surface area contributed by atoms with Crippen molar-refractivity contribution in [1.29, 1.82) is 5.26 Å². The second-order valence-electron chi connectivity index (χ2n) is 6.12. The maximum atomic E-state index is 13.0. The topological polar surface area (TPSA) is 83.8 Å². The Balaban J connectivity index is 2.22. The Morgan fingerprint density at radius 2 is 2.07 bits per heavy atom. The molecule has 2 heterocycles. The van der Waals surface area contributed by atoms with E-state index in [1.807, 2.05) is 0 Å². The molecule has 1 aromatic carbocycles. The van der Waals surface area contributed by atoms with Gasteiger partial charge in [0.05, 0.1) is 22.9 Å². The van der Waals surface area contributed by atoms with Crippen molar-refractivity contribution in [1.82, 2.24) is 14.3 Å². The van der Waals surface area contributed by atoms with Crippen LogP contribution in [0.3, 0.4) is 0 Å². The second kappa shape index (κ2) is 7.07. The van der Waals surface area contributed by atoms with E-state index in [0.717, 1.165) is 18.2 Å². The number of hydrogen-bond donors (Lipinski definition) is 1. The molecule has 1 N–H and O–H groups in total. The number of rotatable bonds is 3. The number of nitriles is 1. The molecule has 0 aliphatic heterocycles. The number of aromatic nitrogens is 3. The van der Waals surface area contributed by atoms with E-state index in [-0.39, 0.29) is 22.3 Å². The molecule has 0 aliphatic carbocycles. The van der Waals surface area contributed by atoms with Gasteiger partial charge in [-0.15, -0.1) is 0 Å². The lowest BCUT2D eigenvalue weighted by Crippen LogP contribution is -2.19. The minimum absolute atomic E-state index is 0.0843. The maximum Gasteiger partial charge on any atom is 0.417 e. The van der Waals surface area contributed by atoms with Crippen molar-refractivity contribution in [3.8, 4) is 6.07 Å². The fraction of sp³-hybridized carbons (Fsp3) is 0.278. The average Bonchev–Trinajstić information content (AvgIpc) is 3.00. The highest BCUT2D eigenvalue weighted by Gasteiger charge is 2.34. The van der Waals surface area contributed by atoms with Crippen molar-refractivity contribution in [2.24, 2.45) is 7.05 Å². The Morgan fingerprint density at radius 1 is 1.39 bits per heavy atom. The third-order valence-electron chi connectivity index (χ3n) is 4.45. The Hall–Kier alpha value is -2.64. The number of aryl methyl sites for hydroxylation is 2. The standard InChI is InChI=1S/C18H14BrF3N4O2/c1-3-26-8-12(19)13-14(17(26)28)24-25(2)15(13)16(27)9-4-5-11(18(20,21)22)10(6-9)7-23/h4-6,8,16,27H,3H2,1-2H3. The number of pyridine rings is 1. The lowest BCUT2D eigenvalue weighted by atomic mass is 9.98. The summed E-state index contributed by atoms with van der Waals surface area (Å²) in [4.78, 5) is 12.5. The van der Waals surface area contributed by atoms with Crippen LogP contribution >= 0.6 is 15.9 Å². The Morgan fingerprint density at radius 3 is 2.64 bits per heavy atom. The summed E-state index contributed by atoms with van der Waals surface area (Å²) in [7, 11) is 1.52. The number of halogens is 4. The smallest absolute Gasteiger partial charge is 0.382 e. The van der Waals surface area contributed by atoms with Crippen LogP contribution in [-0.2, 0) is 19.8 Å². The highest BCUT2D eigenvalue weighted by Crippen LogP contribution is 2.36. The third-order valence-corrected chi connectivity index (χ3v) is 5.05. The SMILES string of the molecule is CCn1cc(Br)c2c(C(O)c3ccc(C(F)(F)F)c(C#N)c3)n(C)nc2c1=O. The lowest BCUT2D eigenvalue weighted by Gasteiger charge is -2.15. The highest BCUT2D eigenvalue weighted by atomic mass is 79.9. The van der Waals surface area contributed by atoms with Crippen molar-refractivity contribution < 1.29 is 18.3 Å². The summed E-state index contributed by atoms with van der Waals surface area (Å²) in [6.45, 7) is 2.22. The van der Waals surface area contributed by atoms with Gasteiger partial charge in [-0.25, -0.2) is 0 Å². The van der Waals surface area contributed by atoms with E-state index in [1.165, 1.54) is 22.4 Å². The molecular formula is C18H14BrF3N4O2. The van der Waals surface area contributed by atoms with Gasteiger partial charge in [0.15, 0.2) is 5.52 Å². The largest absolute Gasteiger partial charge is 0.417 e. The minimum Gasteiger partial charge on any atom is -0.382 e. The fourth-order valence-electron chi connectivity index (χ4n) is 3.10. The van der Waals surface area contributed by atoms with Crippen LogP contribution in [0.1, 0.15) is 35.4 Å². The molecular weight excluding hydrogens is 441 g/mol. The zero-order valence-corrected chi connectivity index (χ0v) is 16.3. The van der Waals surface area contributed by atoms with E-state index < -0.39 is 23.4 Å². The molecule has 3 rings (SSSR count). The summed E-state index contributed by atoms with van der Waals surface area (Å²) in [5, 5.41) is 24.5. The number of nitrogens with zero attached hydrogens (tertiary/aromatic N) is 4. The summed E-state index contributed by atoms with van der Waals surface area (Å²) in [6.07, 6.45) is -4.50. The summed E-state index contributed by atoms with van der Waals surface area (Å²) in [5.41, 5.74) is -1.58. The molecule has 3 aromatic rings. The fourth-order valence-corrected chi connectivity index (χ4v) is 3.73. The van der Waals surface area contributed by atoms with Gasteiger partial charge in [-0.3, -0.25) is 9.48 Å². The van der Waals surface area contributed by atoms with E-state index in [9.17, 15) is 23.1 Å². The van der Waals surface area contributed by atoms with Crippen molar-refractivity contribution in [3.05, 3.63) is 61.6 Å². The van der Waals surface area contributed by atoms with Crippen LogP contribution in [0.15, 0.2) is 33.7 Å². The summed E-state index contributed by atoms with van der Waals surface area (Å²) in [6, 6.07) is 4.37. The number of aliphatic hydroxyl groups excluding tert-OH is 1. The second-order valence-corrected chi connectivity index (χ2v) is 6.97. The molecule has 0 saturated carbocycles. The molecule has 6 nitrogen and oxygen atoms in total. The molecule has 1 unspecified atom stereocenters. The van der Waals surface area contributed by atoms with E-state index >= 15 is 0 Å². The van der Waals surface area contributed by atoms with Gasteiger partial charge in [0, 0.05) is 29.6 Å². The van der Waals surface area contributed by atoms with Crippen LogP contribution in [0, 0.1) is 11.3 Å². The molecule has 146 valence electrons. The van der Waals surface area contributed by atoms with Gasteiger partial charge in [-0.1, -0.05) is 6.07 Å². The molecule has 0 radical (unpaired) electrons. The Kier molecular flexibility index (Phi) is 5.08. The van der Waals surface area contributed by atoms with Gasteiger partial charge in [0.1, 0.15) is 6.10 Å². The zero-order valence-electron chi connectivity index (χ0n) is 14.8. The molecule has 0 fully saturated rings. The number of hydrogen-bond acceptors (Lipinski definition) is 4. The summed E-state index contributed by atoms with van der Waals surface area (Å²) in [5.74, 6) is 0. The molecule has 0 bridgehead atoms. The third kappa shape index (κ3) is 3.21. The van der Waals surface area contributed by atoms with E-state index in [0.29, 0.717) is 16.4 Å². The van der Waals surface area contributed by atoms with Crippen molar-refractivity contribution in [2.75, 3.05) is 0 Å². The van der Waals surface area contributed by atoms with Gasteiger partial charge in [0.25, 0.3) is 5.56 Å². The van der Waals surface area contributed by atoms with E-state index in [1.54, 1.807) is 13.1 Å². The highest BCUT2D eigenvalue weighted by molar-refractivity contribution is 9.10. The normalized spacial score (nSPS) is 12.9. The Labute approximate surface area is 165 Å². The van der Waals surface area contributed by atoms with Gasteiger partial charge >= 0.3 is 6.18 Å². The van der Waals surface area contributed by atoms with Crippen LogP contribution in [0.4, 0.5) is 13.2 Å². The lowest BCUT2D eigenvalue weighted by molar-refractivity contribution is -0.137. The predicted molar refractivity (Wildman–Crippen MR) is 98.6 cm³/mol. The minimum atomic E-state index is -4.68. The van der Waals surface area contributed by atoms with Crippen LogP contribution < -0.4 is 5.56 Å². The zero-order chi connectivity index (χ0) is 20.8. The van der Waals surface area contributed by atoms with Gasteiger partial charge < -0.3 is 9.67 Å². The first kappa shape index (κ1) is 20.1. The first-order valence-electron chi connectivity index (χ1n) is 8.15. The van der Waals surface area contributed by atoms with Crippen LogP contribution in [0.2, 0.25) is 0 Å². The van der Waals surface area contributed by atoms with Crippen molar-refractivity contribution >= 4 is 26.8 Å². The monoisotopic (exact) mass is 454 g/mol. The van der Waals surface area contributed by atoms with E-state index in [2.05, 4.69) is 21.0 Å². The first-order chi connectivity index (χ1) is 13.1. The Bertz CT molecular complexity index is 1170. The first-order valence-corrected chi connectivity index (χ1v) is 8.94. The van der Waals surface area contributed by atoms with Gasteiger partial charge in [-0.05, 0) is 40.5 Å². The molecule has 0 saturated heterocycles. The molecule has 2 aromatic heterocycles. The maximum absolute atomic E-state index is 13.0. The molecule has 28 heavy (non-hydrogen) atoms. The number of aliphatic hydroxyl groups is 1. The molecule has 0 spiro atoms. The van der Waals surface area contributed by atoms with E-state index in [4.69, 9.17) is 5.26 Å². The van der Waals surface area contributed by atoms with Gasteiger partial charge in [-0.2, -0.15) is 23.5 Å². The number of fused-ring (bicyclic) bond motifs is 1. The van der Waals surface area contributed by atoms with Crippen LogP contribution in [0.5, 0.6) is 0 Å². The van der Waals surface area contributed by atoms with Crippen LogP contribution in [0.25, 0.3) is 10.9 Å². The molecule has 0 aliphatic rings. The molecule has 10 heteroatoms. The number of benzene rings is 1. The molecule has 1 atom stereocenters. The summed E-state index contributed by atoms with van der Waals surface area (Å²) < 4.78 is 42.3. The average molecular weight is 455 g/mol. The van der Waals surface area contributed by atoms with Crippen molar-refractivity contribution in [3.63, 3.8) is 0 Å².